The summed E-state index contributed by atoms with van der Waals surface area (Å²) in [6.07, 6.45) is 0. The Hall–Kier alpha value is -2.04. The quantitative estimate of drug-likeness (QED) is 0.548. The Morgan fingerprint density at radius 2 is 1.60 bits per heavy atom. The minimum atomic E-state index is -0.677. The molecule has 2 aromatic rings. The summed E-state index contributed by atoms with van der Waals surface area (Å²) in [6, 6.07) is 10.7. The van der Waals surface area contributed by atoms with Crippen LogP contribution < -0.4 is 5.32 Å². The fourth-order valence-electron chi connectivity index (χ4n) is 3.38. The lowest BCUT2D eigenvalue weighted by Gasteiger charge is -2.30. The molecule has 0 fully saturated rings. The van der Waals surface area contributed by atoms with E-state index in [0.717, 1.165) is 22.3 Å². The van der Waals surface area contributed by atoms with Gasteiger partial charge in [0.25, 0.3) is 0 Å². The molecule has 1 unspecified atom stereocenters. The standard InChI is InChI=1S/C25H34ClNO3/c1-8-30-23(29)21(27-15-16-11-9-10-12-20(16)26)17-13-18(24(2,3)4)22(28)19(14-17)25(5,6)7/h9-14,21,27-28H,8,15H2,1-7H3. The summed E-state index contributed by atoms with van der Waals surface area (Å²) >= 11 is 6.30. The molecule has 0 amide bonds. The maximum Gasteiger partial charge on any atom is 0.327 e. The molecule has 2 aromatic carbocycles. The maximum atomic E-state index is 12.9. The third-order valence-electron chi connectivity index (χ3n) is 5.06. The summed E-state index contributed by atoms with van der Waals surface area (Å²) < 4.78 is 5.36. The van der Waals surface area contributed by atoms with Gasteiger partial charge in [0.15, 0.2) is 0 Å². The number of rotatable bonds is 6. The largest absolute Gasteiger partial charge is 0.507 e. The number of carbonyl (C=O) groups excluding carboxylic acids is 1. The van der Waals surface area contributed by atoms with Gasteiger partial charge in [0.05, 0.1) is 6.61 Å². The van der Waals surface area contributed by atoms with Crippen molar-refractivity contribution in [1.29, 1.82) is 0 Å². The number of benzene rings is 2. The van der Waals surface area contributed by atoms with Gasteiger partial charge in [-0.25, -0.2) is 4.79 Å². The molecule has 4 nitrogen and oxygen atoms in total. The molecule has 164 valence electrons. The fourth-order valence-corrected chi connectivity index (χ4v) is 3.59. The van der Waals surface area contributed by atoms with E-state index in [2.05, 4.69) is 46.9 Å². The van der Waals surface area contributed by atoms with Crippen LogP contribution in [0.1, 0.15) is 76.8 Å². The van der Waals surface area contributed by atoms with Crippen molar-refractivity contribution in [2.75, 3.05) is 6.61 Å². The molecule has 0 aromatic heterocycles. The van der Waals surface area contributed by atoms with Crippen LogP contribution in [0.4, 0.5) is 0 Å². The Balaban J connectivity index is 2.56. The van der Waals surface area contributed by atoms with Gasteiger partial charge >= 0.3 is 5.97 Å². The second-order valence-electron chi connectivity index (χ2n) is 9.62. The van der Waals surface area contributed by atoms with E-state index in [4.69, 9.17) is 16.3 Å². The second kappa shape index (κ2) is 9.40. The maximum absolute atomic E-state index is 12.9. The summed E-state index contributed by atoms with van der Waals surface area (Å²) in [6.45, 7) is 14.8. The number of nitrogens with one attached hydrogen (secondary N) is 1. The molecule has 2 rings (SSSR count). The van der Waals surface area contributed by atoms with Crippen molar-refractivity contribution in [1.82, 2.24) is 5.32 Å². The first-order chi connectivity index (χ1) is 13.9. The molecule has 5 heteroatoms. The van der Waals surface area contributed by atoms with E-state index >= 15 is 0 Å². The Labute approximate surface area is 185 Å². The Kier molecular flexibility index (Phi) is 7.59. The van der Waals surface area contributed by atoms with E-state index in [-0.39, 0.29) is 22.5 Å². The lowest BCUT2D eigenvalue weighted by atomic mass is 9.77. The van der Waals surface area contributed by atoms with Crippen molar-refractivity contribution in [2.24, 2.45) is 0 Å². The van der Waals surface area contributed by atoms with E-state index in [1.165, 1.54) is 0 Å². The highest BCUT2D eigenvalue weighted by atomic mass is 35.5. The molecule has 0 saturated carbocycles. The number of ether oxygens (including phenoxy) is 1. The number of hydrogen-bond donors (Lipinski definition) is 2. The summed E-state index contributed by atoms with van der Waals surface area (Å²) in [4.78, 5) is 12.9. The molecule has 1 atom stereocenters. The molecule has 0 aliphatic rings. The molecule has 30 heavy (non-hydrogen) atoms. The smallest absolute Gasteiger partial charge is 0.327 e. The molecule has 0 aliphatic heterocycles. The van der Waals surface area contributed by atoms with Crippen LogP contribution in [0, 0.1) is 0 Å². The van der Waals surface area contributed by atoms with Gasteiger partial charge in [0, 0.05) is 11.6 Å². The Bertz CT molecular complexity index is 859. The van der Waals surface area contributed by atoms with E-state index in [0.29, 0.717) is 18.2 Å². The van der Waals surface area contributed by atoms with Crippen LogP contribution >= 0.6 is 11.6 Å². The van der Waals surface area contributed by atoms with Gasteiger partial charge in [-0.2, -0.15) is 0 Å². The summed E-state index contributed by atoms with van der Waals surface area (Å²) in [5, 5.41) is 15.0. The van der Waals surface area contributed by atoms with E-state index in [9.17, 15) is 9.90 Å². The molecule has 2 N–H and O–H groups in total. The number of halogens is 1. The van der Waals surface area contributed by atoms with E-state index < -0.39 is 6.04 Å². The van der Waals surface area contributed by atoms with Crippen LogP contribution in [-0.2, 0) is 26.9 Å². The average Bonchev–Trinajstić information content (AvgIpc) is 2.62. The number of aromatic hydroxyl groups is 1. The molecule has 0 aliphatic carbocycles. The lowest BCUT2D eigenvalue weighted by molar-refractivity contribution is -0.145. The van der Waals surface area contributed by atoms with Crippen molar-refractivity contribution in [3.8, 4) is 5.75 Å². The van der Waals surface area contributed by atoms with Crippen LogP contribution in [-0.4, -0.2) is 17.7 Å². The first-order valence-corrected chi connectivity index (χ1v) is 10.7. The highest BCUT2D eigenvalue weighted by molar-refractivity contribution is 6.31. The highest BCUT2D eigenvalue weighted by Crippen LogP contribution is 2.41. The fraction of sp³-hybridized carbons (Fsp3) is 0.480. The number of esters is 1. The predicted octanol–water partition coefficient (Wildman–Crippen LogP) is 6.03. The normalized spacial score (nSPS) is 13.2. The van der Waals surface area contributed by atoms with Crippen LogP contribution in [0.2, 0.25) is 5.02 Å². The van der Waals surface area contributed by atoms with E-state index in [1.807, 2.05) is 36.4 Å². The van der Waals surface area contributed by atoms with Crippen molar-refractivity contribution in [2.45, 2.75) is 71.9 Å². The predicted molar refractivity (Wildman–Crippen MR) is 123 cm³/mol. The van der Waals surface area contributed by atoms with Crippen LogP contribution in [0.15, 0.2) is 36.4 Å². The van der Waals surface area contributed by atoms with Gasteiger partial charge in [-0.1, -0.05) is 71.3 Å². The Morgan fingerprint density at radius 1 is 1.07 bits per heavy atom. The first-order valence-electron chi connectivity index (χ1n) is 10.4. The van der Waals surface area contributed by atoms with Crippen LogP contribution in [0.25, 0.3) is 0 Å². The molecule has 0 bridgehead atoms. The molecule has 0 radical (unpaired) electrons. The van der Waals surface area contributed by atoms with Gasteiger partial charge < -0.3 is 9.84 Å². The third-order valence-corrected chi connectivity index (χ3v) is 5.43. The first kappa shape index (κ1) is 24.2. The van der Waals surface area contributed by atoms with Gasteiger partial charge in [0.2, 0.25) is 0 Å². The monoisotopic (exact) mass is 431 g/mol. The second-order valence-corrected chi connectivity index (χ2v) is 10.0. The lowest BCUT2D eigenvalue weighted by Crippen LogP contribution is -2.31. The van der Waals surface area contributed by atoms with Gasteiger partial charge in [0.1, 0.15) is 11.8 Å². The zero-order chi connectivity index (χ0) is 22.7. The zero-order valence-corrected chi connectivity index (χ0v) is 19.9. The highest BCUT2D eigenvalue weighted by Gasteiger charge is 2.30. The molecular weight excluding hydrogens is 398 g/mol. The van der Waals surface area contributed by atoms with E-state index in [1.54, 1.807) is 6.92 Å². The average molecular weight is 432 g/mol. The van der Waals surface area contributed by atoms with Crippen molar-refractivity contribution in [3.05, 3.63) is 63.7 Å². The molecule has 0 spiro atoms. The van der Waals surface area contributed by atoms with Gasteiger partial charge in [-0.3, -0.25) is 5.32 Å². The van der Waals surface area contributed by atoms with Crippen LogP contribution in [0.5, 0.6) is 5.75 Å². The number of hydrogen-bond acceptors (Lipinski definition) is 4. The molecular formula is C25H34ClNO3. The topological polar surface area (TPSA) is 58.6 Å². The SMILES string of the molecule is CCOC(=O)C(NCc1ccccc1Cl)c1cc(C(C)(C)C)c(O)c(C(C)(C)C)c1. The molecule has 0 heterocycles. The number of carbonyl (C=O) groups is 1. The number of phenols is 1. The Morgan fingerprint density at radius 3 is 2.07 bits per heavy atom. The summed E-state index contributed by atoms with van der Waals surface area (Å²) in [5.74, 6) is -0.0672. The van der Waals surface area contributed by atoms with Crippen molar-refractivity contribution < 1.29 is 14.6 Å². The van der Waals surface area contributed by atoms with Gasteiger partial charge in [-0.15, -0.1) is 0 Å². The van der Waals surface area contributed by atoms with Crippen LogP contribution in [0.3, 0.4) is 0 Å². The summed E-state index contributed by atoms with van der Waals surface area (Å²) in [5.41, 5.74) is 2.70. The zero-order valence-electron chi connectivity index (χ0n) is 19.1. The van der Waals surface area contributed by atoms with Gasteiger partial charge in [-0.05, 0) is 58.2 Å². The van der Waals surface area contributed by atoms with Crippen molar-refractivity contribution >= 4 is 17.6 Å². The minimum absolute atomic E-state index is 0.285. The summed E-state index contributed by atoms with van der Waals surface area (Å²) in [7, 11) is 0. The van der Waals surface area contributed by atoms with Crippen molar-refractivity contribution in [3.63, 3.8) is 0 Å². The molecule has 0 saturated heterocycles. The number of phenolic OH excluding ortho intramolecular Hbond substituents is 1. The third kappa shape index (κ3) is 5.77. The minimum Gasteiger partial charge on any atom is -0.507 e.